The molecule has 0 spiro atoms. The predicted octanol–water partition coefficient (Wildman–Crippen LogP) is -0.462. The number of rotatable bonds is 1. The first-order valence-corrected chi connectivity index (χ1v) is 7.26. The Kier molecular flexibility index (Phi) is 3.13. The molecule has 110 valence electrons. The Morgan fingerprint density at radius 3 is 2.53 bits per heavy atom. The lowest BCUT2D eigenvalue weighted by Gasteiger charge is -2.42. The van der Waals surface area contributed by atoms with E-state index >= 15 is 0 Å². The van der Waals surface area contributed by atoms with Crippen molar-refractivity contribution in [2.24, 2.45) is 0 Å². The van der Waals surface area contributed by atoms with Crippen molar-refractivity contribution in [1.29, 1.82) is 0 Å². The standard InChI is InChI=1S/C10H16O8S/c1-10(2)16-7-6-5(4-14-19(11,12)18-6)15-9(13-3)8(7)17-10/h5-9H,4H2,1-3H3/t5-,6-,7+,8+,9+/m1/s1. The topological polar surface area (TPSA) is 89.5 Å². The zero-order valence-electron chi connectivity index (χ0n) is 10.8. The minimum Gasteiger partial charge on any atom is -0.353 e. The van der Waals surface area contributed by atoms with Crippen LogP contribution in [-0.4, -0.2) is 58.6 Å². The molecule has 3 aliphatic heterocycles. The van der Waals surface area contributed by atoms with Crippen molar-refractivity contribution in [2.75, 3.05) is 13.7 Å². The number of fused-ring (bicyclic) bond motifs is 3. The third-order valence-electron chi connectivity index (χ3n) is 3.27. The molecule has 0 aromatic heterocycles. The molecule has 3 heterocycles. The Bertz CT molecular complexity index is 460. The van der Waals surface area contributed by atoms with Crippen molar-refractivity contribution >= 4 is 10.4 Å². The lowest BCUT2D eigenvalue weighted by Crippen LogP contribution is -2.61. The van der Waals surface area contributed by atoms with E-state index < -0.39 is 46.9 Å². The van der Waals surface area contributed by atoms with Crippen LogP contribution in [0, 0.1) is 0 Å². The van der Waals surface area contributed by atoms with Gasteiger partial charge < -0.3 is 18.9 Å². The maximum absolute atomic E-state index is 11.4. The van der Waals surface area contributed by atoms with E-state index in [-0.39, 0.29) is 6.61 Å². The molecule has 0 saturated carbocycles. The third kappa shape index (κ3) is 2.40. The van der Waals surface area contributed by atoms with Crippen LogP contribution in [0.2, 0.25) is 0 Å². The van der Waals surface area contributed by atoms with Crippen molar-refractivity contribution < 1.29 is 35.7 Å². The summed E-state index contributed by atoms with van der Waals surface area (Å²) in [5.74, 6) is -0.851. The Labute approximate surface area is 111 Å². The second kappa shape index (κ2) is 4.35. The van der Waals surface area contributed by atoms with Gasteiger partial charge in [0.05, 0.1) is 6.61 Å². The van der Waals surface area contributed by atoms with Crippen molar-refractivity contribution in [3.05, 3.63) is 0 Å². The van der Waals surface area contributed by atoms with Gasteiger partial charge in [0.1, 0.15) is 24.4 Å². The van der Waals surface area contributed by atoms with Gasteiger partial charge in [0.15, 0.2) is 12.1 Å². The van der Waals surface area contributed by atoms with Crippen molar-refractivity contribution in [3.63, 3.8) is 0 Å². The van der Waals surface area contributed by atoms with Crippen molar-refractivity contribution in [1.82, 2.24) is 0 Å². The summed E-state index contributed by atoms with van der Waals surface area (Å²) in [7, 11) is -2.53. The van der Waals surface area contributed by atoms with E-state index in [9.17, 15) is 8.42 Å². The van der Waals surface area contributed by atoms with E-state index in [0.29, 0.717) is 0 Å². The highest BCUT2D eigenvalue weighted by atomic mass is 32.3. The lowest BCUT2D eigenvalue weighted by atomic mass is 9.99. The number of ether oxygens (including phenoxy) is 4. The molecule has 3 saturated heterocycles. The van der Waals surface area contributed by atoms with Gasteiger partial charge in [-0.1, -0.05) is 0 Å². The fourth-order valence-corrected chi connectivity index (χ4v) is 3.44. The molecule has 0 aromatic rings. The molecule has 0 radical (unpaired) electrons. The van der Waals surface area contributed by atoms with Crippen LogP contribution >= 0.6 is 0 Å². The summed E-state index contributed by atoms with van der Waals surface area (Å²) < 4.78 is 54.5. The monoisotopic (exact) mass is 296 g/mol. The van der Waals surface area contributed by atoms with Crippen LogP contribution in [0.4, 0.5) is 0 Å². The average Bonchev–Trinajstić information content (AvgIpc) is 2.63. The zero-order valence-corrected chi connectivity index (χ0v) is 11.6. The van der Waals surface area contributed by atoms with Crippen LogP contribution in [-0.2, 0) is 37.7 Å². The van der Waals surface area contributed by atoms with Gasteiger partial charge in [-0.25, -0.2) is 8.37 Å². The average molecular weight is 296 g/mol. The molecule has 3 rings (SSSR count). The summed E-state index contributed by atoms with van der Waals surface area (Å²) in [5.41, 5.74) is 0. The van der Waals surface area contributed by atoms with Gasteiger partial charge in [0, 0.05) is 7.11 Å². The summed E-state index contributed by atoms with van der Waals surface area (Å²) in [5, 5.41) is 0. The quantitative estimate of drug-likeness (QED) is 0.642. The first-order valence-electron chi connectivity index (χ1n) is 5.93. The molecule has 3 aliphatic rings. The van der Waals surface area contributed by atoms with E-state index in [0.717, 1.165) is 0 Å². The van der Waals surface area contributed by atoms with Gasteiger partial charge in [-0.2, -0.15) is 8.42 Å². The van der Waals surface area contributed by atoms with Gasteiger partial charge in [-0.15, -0.1) is 0 Å². The van der Waals surface area contributed by atoms with E-state index in [4.69, 9.17) is 23.1 Å². The van der Waals surface area contributed by atoms with Crippen molar-refractivity contribution in [3.8, 4) is 0 Å². The van der Waals surface area contributed by atoms with Crippen LogP contribution in [0.3, 0.4) is 0 Å². The fraction of sp³-hybridized carbons (Fsp3) is 1.00. The van der Waals surface area contributed by atoms with Gasteiger partial charge >= 0.3 is 10.4 Å². The van der Waals surface area contributed by atoms with Crippen LogP contribution in [0.25, 0.3) is 0 Å². The normalized spacial score (nSPS) is 47.4. The van der Waals surface area contributed by atoms with E-state index in [1.807, 2.05) is 0 Å². The molecule has 9 heteroatoms. The molecule has 0 aliphatic carbocycles. The first kappa shape index (κ1) is 13.7. The Morgan fingerprint density at radius 1 is 1.16 bits per heavy atom. The molecule has 0 amide bonds. The summed E-state index contributed by atoms with van der Waals surface area (Å²) in [6, 6.07) is 0. The smallest absolute Gasteiger partial charge is 0.353 e. The van der Waals surface area contributed by atoms with Crippen molar-refractivity contribution in [2.45, 2.75) is 50.3 Å². The van der Waals surface area contributed by atoms with E-state index in [1.54, 1.807) is 13.8 Å². The summed E-state index contributed by atoms with van der Waals surface area (Å²) in [6.45, 7) is 3.35. The van der Waals surface area contributed by atoms with Gasteiger partial charge in [-0.3, -0.25) is 0 Å². The first-order chi connectivity index (χ1) is 8.81. The SMILES string of the molecule is CO[C@H]1O[C@@H]2COS(=O)(=O)O[C@H]2[C@@H]2OC(C)(C)O[C@H]12. The highest BCUT2D eigenvalue weighted by Crippen LogP contribution is 2.40. The molecule has 0 aromatic carbocycles. The minimum absolute atomic E-state index is 0.125. The highest BCUT2D eigenvalue weighted by molar-refractivity contribution is 7.81. The number of hydrogen-bond donors (Lipinski definition) is 0. The highest BCUT2D eigenvalue weighted by Gasteiger charge is 2.58. The number of methoxy groups -OCH3 is 1. The molecule has 0 unspecified atom stereocenters. The molecule has 5 atom stereocenters. The third-order valence-corrected chi connectivity index (χ3v) is 4.15. The lowest BCUT2D eigenvalue weighted by molar-refractivity contribution is -0.273. The molecular weight excluding hydrogens is 280 g/mol. The van der Waals surface area contributed by atoms with Crippen LogP contribution in [0.15, 0.2) is 0 Å². The predicted molar refractivity (Wildman–Crippen MR) is 59.2 cm³/mol. The molecular formula is C10H16O8S. The Balaban J connectivity index is 1.89. The molecule has 19 heavy (non-hydrogen) atoms. The maximum atomic E-state index is 11.4. The van der Waals surface area contributed by atoms with Gasteiger partial charge in [-0.05, 0) is 13.8 Å². The van der Waals surface area contributed by atoms with Crippen LogP contribution in [0.5, 0.6) is 0 Å². The number of hydrogen-bond acceptors (Lipinski definition) is 8. The summed E-state index contributed by atoms with van der Waals surface area (Å²) >= 11 is 0. The minimum atomic E-state index is -4.01. The molecule has 0 N–H and O–H groups in total. The van der Waals surface area contributed by atoms with Crippen LogP contribution < -0.4 is 0 Å². The van der Waals surface area contributed by atoms with E-state index in [1.165, 1.54) is 7.11 Å². The maximum Gasteiger partial charge on any atom is 0.400 e. The zero-order chi connectivity index (χ0) is 13.8. The Hall–Kier alpha value is -0.290. The molecule has 0 bridgehead atoms. The Morgan fingerprint density at radius 2 is 1.84 bits per heavy atom. The largest absolute Gasteiger partial charge is 0.400 e. The molecule has 3 fully saturated rings. The summed E-state index contributed by atoms with van der Waals surface area (Å²) in [6.07, 6.45) is -3.16. The van der Waals surface area contributed by atoms with Gasteiger partial charge in [0.2, 0.25) is 0 Å². The second-order valence-corrected chi connectivity index (χ2v) is 6.34. The van der Waals surface area contributed by atoms with Gasteiger partial charge in [0.25, 0.3) is 0 Å². The van der Waals surface area contributed by atoms with Crippen LogP contribution in [0.1, 0.15) is 13.8 Å². The molecule has 8 nitrogen and oxygen atoms in total. The van der Waals surface area contributed by atoms with E-state index in [2.05, 4.69) is 4.18 Å². The summed E-state index contributed by atoms with van der Waals surface area (Å²) in [4.78, 5) is 0. The fourth-order valence-electron chi connectivity index (χ4n) is 2.58. The second-order valence-electron chi connectivity index (χ2n) is 5.10.